The van der Waals surface area contributed by atoms with Gasteiger partial charge in [0.2, 0.25) is 0 Å². The molecule has 0 bridgehead atoms. The summed E-state index contributed by atoms with van der Waals surface area (Å²) < 4.78 is 43.1. The molecule has 0 aromatic heterocycles. The highest BCUT2D eigenvalue weighted by molar-refractivity contribution is 5.29. The van der Waals surface area contributed by atoms with Gasteiger partial charge in [0.25, 0.3) is 0 Å². The first kappa shape index (κ1) is 16.4. The zero-order valence-corrected chi connectivity index (χ0v) is 12.5. The van der Waals surface area contributed by atoms with E-state index in [1.807, 2.05) is 18.2 Å². The molecule has 0 saturated carbocycles. The standard InChI is InChI=1S/C18H19F3O/c1-2-3-5-14-6-4-7-17(12-14)22-13-15-8-10-16(11-9-15)18(19,20)21/h4,6-12H,2-3,5,13H2,1H3. The van der Waals surface area contributed by atoms with Gasteiger partial charge in [-0.1, -0.05) is 37.6 Å². The summed E-state index contributed by atoms with van der Waals surface area (Å²) in [6.45, 7) is 2.40. The van der Waals surface area contributed by atoms with Crippen molar-refractivity contribution in [2.75, 3.05) is 0 Å². The largest absolute Gasteiger partial charge is 0.489 e. The molecule has 2 aromatic rings. The Balaban J connectivity index is 1.95. The number of unbranched alkanes of at least 4 members (excludes halogenated alkanes) is 1. The average molecular weight is 308 g/mol. The van der Waals surface area contributed by atoms with Crippen molar-refractivity contribution in [1.29, 1.82) is 0 Å². The van der Waals surface area contributed by atoms with Crippen LogP contribution in [0.5, 0.6) is 5.75 Å². The Morgan fingerprint density at radius 1 is 0.955 bits per heavy atom. The number of aryl methyl sites for hydroxylation is 1. The average Bonchev–Trinajstić information content (AvgIpc) is 2.51. The molecule has 0 unspecified atom stereocenters. The first-order chi connectivity index (χ1) is 10.5. The van der Waals surface area contributed by atoms with Gasteiger partial charge in [-0.3, -0.25) is 0 Å². The van der Waals surface area contributed by atoms with Crippen LogP contribution >= 0.6 is 0 Å². The minimum Gasteiger partial charge on any atom is -0.489 e. The molecule has 0 aliphatic rings. The van der Waals surface area contributed by atoms with Gasteiger partial charge in [-0.2, -0.15) is 13.2 Å². The SMILES string of the molecule is CCCCc1cccc(OCc2ccc(C(F)(F)F)cc2)c1. The van der Waals surface area contributed by atoms with E-state index >= 15 is 0 Å². The van der Waals surface area contributed by atoms with Gasteiger partial charge in [0.05, 0.1) is 5.56 Å². The van der Waals surface area contributed by atoms with Gasteiger partial charge in [-0.25, -0.2) is 0 Å². The van der Waals surface area contributed by atoms with E-state index < -0.39 is 11.7 Å². The van der Waals surface area contributed by atoms with Crippen LogP contribution in [0.25, 0.3) is 0 Å². The highest BCUT2D eigenvalue weighted by Gasteiger charge is 2.29. The monoisotopic (exact) mass is 308 g/mol. The lowest BCUT2D eigenvalue weighted by Crippen LogP contribution is -2.05. The summed E-state index contributed by atoms with van der Waals surface area (Å²) >= 11 is 0. The Kier molecular flexibility index (Phi) is 5.47. The maximum Gasteiger partial charge on any atom is 0.416 e. The van der Waals surface area contributed by atoms with Crippen LogP contribution in [0, 0.1) is 0 Å². The van der Waals surface area contributed by atoms with Crippen molar-refractivity contribution in [3.05, 3.63) is 65.2 Å². The number of hydrogen-bond acceptors (Lipinski definition) is 1. The molecule has 118 valence electrons. The fourth-order valence-corrected chi connectivity index (χ4v) is 2.13. The zero-order valence-electron chi connectivity index (χ0n) is 12.5. The number of ether oxygens (including phenoxy) is 1. The lowest BCUT2D eigenvalue weighted by Gasteiger charge is -2.10. The van der Waals surface area contributed by atoms with Crippen molar-refractivity contribution in [3.63, 3.8) is 0 Å². The maximum absolute atomic E-state index is 12.5. The third-order valence-corrected chi connectivity index (χ3v) is 3.40. The molecule has 0 radical (unpaired) electrons. The van der Waals surface area contributed by atoms with E-state index in [1.54, 1.807) is 0 Å². The van der Waals surface area contributed by atoms with Crippen molar-refractivity contribution in [1.82, 2.24) is 0 Å². The molecule has 22 heavy (non-hydrogen) atoms. The molecular formula is C18H19F3O. The van der Waals surface area contributed by atoms with E-state index in [0.29, 0.717) is 5.56 Å². The van der Waals surface area contributed by atoms with Crippen molar-refractivity contribution in [2.45, 2.75) is 39.0 Å². The van der Waals surface area contributed by atoms with Crippen LogP contribution in [0.2, 0.25) is 0 Å². The van der Waals surface area contributed by atoms with Crippen molar-refractivity contribution in [2.24, 2.45) is 0 Å². The fraction of sp³-hybridized carbons (Fsp3) is 0.333. The van der Waals surface area contributed by atoms with Crippen molar-refractivity contribution in [3.8, 4) is 5.75 Å². The molecule has 0 atom stereocenters. The topological polar surface area (TPSA) is 9.23 Å². The predicted octanol–water partition coefficient (Wildman–Crippen LogP) is 5.63. The lowest BCUT2D eigenvalue weighted by atomic mass is 10.1. The Morgan fingerprint density at radius 3 is 2.32 bits per heavy atom. The second-order valence-electron chi connectivity index (χ2n) is 5.23. The summed E-state index contributed by atoms with van der Waals surface area (Å²) in [5, 5.41) is 0. The second-order valence-corrected chi connectivity index (χ2v) is 5.23. The van der Waals surface area contributed by atoms with Crippen molar-refractivity contribution >= 4 is 0 Å². The molecule has 0 amide bonds. The summed E-state index contributed by atoms with van der Waals surface area (Å²) in [6, 6.07) is 12.9. The van der Waals surface area contributed by atoms with Gasteiger partial charge < -0.3 is 4.74 Å². The molecule has 0 fully saturated rings. The number of rotatable bonds is 6. The van der Waals surface area contributed by atoms with Gasteiger partial charge in [0.15, 0.2) is 0 Å². The third kappa shape index (κ3) is 4.79. The number of benzene rings is 2. The van der Waals surface area contributed by atoms with Gasteiger partial charge in [0, 0.05) is 0 Å². The minimum atomic E-state index is -4.30. The van der Waals surface area contributed by atoms with Crippen molar-refractivity contribution < 1.29 is 17.9 Å². The summed E-state index contributed by atoms with van der Waals surface area (Å²) in [5.74, 6) is 0.744. The summed E-state index contributed by atoms with van der Waals surface area (Å²) in [7, 11) is 0. The van der Waals surface area contributed by atoms with Crippen LogP contribution < -0.4 is 4.74 Å². The molecular weight excluding hydrogens is 289 g/mol. The van der Waals surface area contributed by atoms with Crippen LogP contribution in [0.15, 0.2) is 48.5 Å². The Hall–Kier alpha value is -1.97. The Labute approximate surface area is 128 Å². The molecule has 0 aliphatic heterocycles. The highest BCUT2D eigenvalue weighted by atomic mass is 19.4. The molecule has 2 rings (SSSR count). The van der Waals surface area contributed by atoms with Crippen LogP contribution in [0.3, 0.4) is 0 Å². The van der Waals surface area contributed by atoms with E-state index in [4.69, 9.17) is 4.74 Å². The molecule has 0 heterocycles. The molecule has 1 nitrogen and oxygen atoms in total. The van der Waals surface area contributed by atoms with Crippen LogP contribution in [-0.2, 0) is 19.2 Å². The molecule has 2 aromatic carbocycles. The fourth-order valence-electron chi connectivity index (χ4n) is 2.13. The summed E-state index contributed by atoms with van der Waals surface area (Å²) in [5.41, 5.74) is 1.29. The molecule has 0 aliphatic carbocycles. The Bertz CT molecular complexity index is 588. The van der Waals surface area contributed by atoms with E-state index in [1.165, 1.54) is 17.7 Å². The first-order valence-corrected chi connectivity index (χ1v) is 7.37. The van der Waals surface area contributed by atoms with E-state index in [0.717, 1.165) is 37.1 Å². The number of halogens is 3. The van der Waals surface area contributed by atoms with E-state index in [2.05, 4.69) is 13.0 Å². The highest BCUT2D eigenvalue weighted by Crippen LogP contribution is 2.29. The van der Waals surface area contributed by atoms with Crippen LogP contribution in [0.1, 0.15) is 36.5 Å². The van der Waals surface area contributed by atoms with Gasteiger partial charge in [-0.05, 0) is 48.2 Å². The quantitative estimate of drug-likeness (QED) is 0.672. The smallest absolute Gasteiger partial charge is 0.416 e. The van der Waals surface area contributed by atoms with E-state index in [-0.39, 0.29) is 6.61 Å². The predicted molar refractivity (Wildman–Crippen MR) is 80.8 cm³/mol. The summed E-state index contributed by atoms with van der Waals surface area (Å²) in [6.07, 6.45) is -1.03. The second kappa shape index (κ2) is 7.34. The molecule has 0 N–H and O–H groups in total. The lowest BCUT2D eigenvalue weighted by molar-refractivity contribution is -0.137. The molecule has 4 heteroatoms. The minimum absolute atomic E-state index is 0.259. The number of hydrogen-bond donors (Lipinski definition) is 0. The molecule has 0 saturated heterocycles. The van der Waals surface area contributed by atoms with Gasteiger partial charge in [-0.15, -0.1) is 0 Å². The normalized spacial score (nSPS) is 11.5. The third-order valence-electron chi connectivity index (χ3n) is 3.40. The maximum atomic E-state index is 12.5. The summed E-state index contributed by atoms with van der Waals surface area (Å²) in [4.78, 5) is 0. The van der Waals surface area contributed by atoms with Crippen LogP contribution in [-0.4, -0.2) is 0 Å². The first-order valence-electron chi connectivity index (χ1n) is 7.37. The van der Waals surface area contributed by atoms with Gasteiger partial charge in [0.1, 0.15) is 12.4 Å². The zero-order chi connectivity index (χ0) is 16.0. The van der Waals surface area contributed by atoms with Gasteiger partial charge >= 0.3 is 6.18 Å². The number of alkyl halides is 3. The van der Waals surface area contributed by atoms with E-state index in [9.17, 15) is 13.2 Å². The van der Waals surface area contributed by atoms with Crippen LogP contribution in [0.4, 0.5) is 13.2 Å². The Morgan fingerprint density at radius 2 is 1.68 bits per heavy atom. The molecule has 0 spiro atoms.